The number of amides is 2. The second-order valence-corrected chi connectivity index (χ2v) is 6.63. The summed E-state index contributed by atoms with van der Waals surface area (Å²) in [6, 6.07) is 13.8. The van der Waals surface area contributed by atoms with Crippen LogP contribution >= 0.6 is 0 Å². The summed E-state index contributed by atoms with van der Waals surface area (Å²) in [5.74, 6) is 0.0818. The van der Waals surface area contributed by atoms with Gasteiger partial charge in [0, 0.05) is 24.9 Å². The molecule has 2 amide bonds. The number of carbonyl (C=O) groups excluding carboxylic acids is 2. The van der Waals surface area contributed by atoms with Gasteiger partial charge in [-0.15, -0.1) is 10.2 Å². The first-order valence-electron chi connectivity index (χ1n) is 8.92. The number of carbonyl (C=O) groups is 2. The molecule has 2 aromatic carbocycles. The molecular formula is C19H20N6O2. The van der Waals surface area contributed by atoms with Crippen LogP contribution in [-0.2, 0) is 16.1 Å². The summed E-state index contributed by atoms with van der Waals surface area (Å²) in [5.41, 5.74) is 0.857. The lowest BCUT2D eigenvalue weighted by molar-refractivity contribution is -0.126. The number of nitrogens with zero attached hydrogens (tertiary/aromatic N) is 5. The number of aromatic nitrogens is 4. The average molecular weight is 364 g/mol. The van der Waals surface area contributed by atoms with Crippen LogP contribution in [0.1, 0.15) is 12.2 Å². The number of benzene rings is 2. The van der Waals surface area contributed by atoms with Crippen LogP contribution in [0.5, 0.6) is 0 Å². The first kappa shape index (κ1) is 17.1. The third-order valence-corrected chi connectivity index (χ3v) is 4.72. The number of hydrogen-bond acceptors (Lipinski definition) is 5. The van der Waals surface area contributed by atoms with Gasteiger partial charge >= 0.3 is 0 Å². The molecule has 3 aromatic rings. The Balaban J connectivity index is 1.41. The van der Waals surface area contributed by atoms with Crippen molar-refractivity contribution in [1.29, 1.82) is 0 Å². The number of nitrogens with one attached hydrogen (secondary N) is 1. The van der Waals surface area contributed by atoms with E-state index >= 15 is 0 Å². The van der Waals surface area contributed by atoms with Crippen LogP contribution in [0.3, 0.4) is 0 Å². The van der Waals surface area contributed by atoms with Crippen molar-refractivity contribution in [2.45, 2.75) is 19.9 Å². The summed E-state index contributed by atoms with van der Waals surface area (Å²) in [5, 5.41) is 16.7. The SMILES string of the molecule is Cc1nnn(CCNC(=O)C2CC(=O)N(c3cccc4ccccc34)C2)n1. The van der Waals surface area contributed by atoms with Gasteiger partial charge in [-0.25, -0.2) is 0 Å². The molecule has 1 N–H and O–H groups in total. The Kier molecular flexibility index (Phi) is 4.53. The number of rotatable bonds is 5. The molecule has 138 valence electrons. The molecule has 1 saturated heterocycles. The highest BCUT2D eigenvalue weighted by atomic mass is 16.2. The minimum Gasteiger partial charge on any atom is -0.354 e. The zero-order valence-corrected chi connectivity index (χ0v) is 15.0. The molecule has 0 bridgehead atoms. The Bertz CT molecular complexity index is 993. The van der Waals surface area contributed by atoms with Gasteiger partial charge in [0.05, 0.1) is 18.2 Å². The van der Waals surface area contributed by atoms with E-state index in [-0.39, 0.29) is 24.2 Å². The van der Waals surface area contributed by atoms with Crippen molar-refractivity contribution < 1.29 is 9.59 Å². The summed E-state index contributed by atoms with van der Waals surface area (Å²) in [7, 11) is 0. The molecule has 0 aliphatic carbocycles. The third kappa shape index (κ3) is 3.51. The van der Waals surface area contributed by atoms with E-state index in [0.717, 1.165) is 16.5 Å². The largest absolute Gasteiger partial charge is 0.354 e. The van der Waals surface area contributed by atoms with Crippen LogP contribution in [0.4, 0.5) is 5.69 Å². The van der Waals surface area contributed by atoms with Gasteiger partial charge in [-0.1, -0.05) is 36.4 Å². The second-order valence-electron chi connectivity index (χ2n) is 6.63. The summed E-state index contributed by atoms with van der Waals surface area (Å²) < 4.78 is 0. The van der Waals surface area contributed by atoms with Gasteiger partial charge in [-0.05, 0) is 23.6 Å². The summed E-state index contributed by atoms with van der Waals surface area (Å²) >= 11 is 0. The number of tetrazole rings is 1. The molecule has 1 aliphatic rings. The van der Waals surface area contributed by atoms with Crippen molar-refractivity contribution in [2.24, 2.45) is 5.92 Å². The van der Waals surface area contributed by atoms with Crippen molar-refractivity contribution in [3.8, 4) is 0 Å². The zero-order chi connectivity index (χ0) is 18.8. The normalized spacial score (nSPS) is 16.9. The molecule has 1 aromatic heterocycles. The lowest BCUT2D eigenvalue weighted by atomic mass is 10.1. The Hall–Kier alpha value is -3.29. The Labute approximate surface area is 156 Å². The Morgan fingerprint density at radius 3 is 2.85 bits per heavy atom. The summed E-state index contributed by atoms with van der Waals surface area (Å²) in [6.07, 6.45) is 0.218. The molecule has 2 heterocycles. The lowest BCUT2D eigenvalue weighted by Crippen LogP contribution is -2.35. The summed E-state index contributed by atoms with van der Waals surface area (Å²) in [6.45, 7) is 2.99. The van der Waals surface area contributed by atoms with Gasteiger partial charge in [-0.2, -0.15) is 4.80 Å². The minimum absolute atomic E-state index is 0.0277. The van der Waals surface area contributed by atoms with E-state index in [0.29, 0.717) is 25.5 Å². The van der Waals surface area contributed by atoms with Crippen LogP contribution in [0.2, 0.25) is 0 Å². The molecule has 1 atom stereocenters. The monoisotopic (exact) mass is 364 g/mol. The molecule has 0 saturated carbocycles. The topological polar surface area (TPSA) is 93.0 Å². The molecule has 4 rings (SSSR count). The second kappa shape index (κ2) is 7.14. The average Bonchev–Trinajstić information content (AvgIpc) is 3.27. The van der Waals surface area contributed by atoms with E-state index in [2.05, 4.69) is 20.7 Å². The van der Waals surface area contributed by atoms with E-state index in [1.54, 1.807) is 11.8 Å². The van der Waals surface area contributed by atoms with Crippen LogP contribution in [-0.4, -0.2) is 45.1 Å². The van der Waals surface area contributed by atoms with Gasteiger partial charge in [0.2, 0.25) is 11.8 Å². The highest BCUT2D eigenvalue weighted by Gasteiger charge is 2.35. The van der Waals surface area contributed by atoms with E-state index in [1.807, 2.05) is 42.5 Å². The van der Waals surface area contributed by atoms with Gasteiger partial charge in [0.15, 0.2) is 5.82 Å². The van der Waals surface area contributed by atoms with Crippen molar-refractivity contribution in [1.82, 2.24) is 25.5 Å². The highest BCUT2D eigenvalue weighted by Crippen LogP contribution is 2.31. The molecule has 27 heavy (non-hydrogen) atoms. The fourth-order valence-corrected chi connectivity index (χ4v) is 3.40. The van der Waals surface area contributed by atoms with E-state index in [4.69, 9.17) is 0 Å². The van der Waals surface area contributed by atoms with E-state index in [9.17, 15) is 9.59 Å². The zero-order valence-electron chi connectivity index (χ0n) is 15.0. The Morgan fingerprint density at radius 1 is 1.22 bits per heavy atom. The van der Waals surface area contributed by atoms with Gasteiger partial charge in [-0.3, -0.25) is 9.59 Å². The molecule has 1 fully saturated rings. The van der Waals surface area contributed by atoms with E-state index in [1.165, 1.54) is 4.80 Å². The lowest BCUT2D eigenvalue weighted by Gasteiger charge is -2.19. The van der Waals surface area contributed by atoms with Crippen LogP contribution in [0.15, 0.2) is 42.5 Å². The first-order valence-corrected chi connectivity index (χ1v) is 8.92. The van der Waals surface area contributed by atoms with Crippen molar-refractivity contribution in [3.05, 3.63) is 48.3 Å². The molecule has 0 spiro atoms. The van der Waals surface area contributed by atoms with Crippen LogP contribution < -0.4 is 10.2 Å². The molecule has 8 nitrogen and oxygen atoms in total. The third-order valence-electron chi connectivity index (χ3n) is 4.72. The van der Waals surface area contributed by atoms with Crippen LogP contribution in [0.25, 0.3) is 10.8 Å². The maximum Gasteiger partial charge on any atom is 0.227 e. The number of hydrogen-bond donors (Lipinski definition) is 1. The first-order chi connectivity index (χ1) is 13.1. The van der Waals surface area contributed by atoms with Gasteiger partial charge in [0.1, 0.15) is 0 Å². The van der Waals surface area contributed by atoms with Gasteiger partial charge in [0.25, 0.3) is 0 Å². The van der Waals surface area contributed by atoms with Crippen molar-refractivity contribution in [2.75, 3.05) is 18.0 Å². The standard InChI is InChI=1S/C19H20N6O2/c1-13-21-23-25(22-13)10-9-20-19(27)15-11-18(26)24(12-15)17-8-4-6-14-5-2-3-7-16(14)17/h2-8,15H,9-12H2,1H3,(H,20,27). The van der Waals surface area contributed by atoms with Crippen LogP contribution in [0, 0.1) is 12.8 Å². The predicted molar refractivity (Wildman–Crippen MR) is 100.0 cm³/mol. The number of anilines is 1. The highest BCUT2D eigenvalue weighted by molar-refractivity contribution is 6.06. The molecule has 0 radical (unpaired) electrons. The minimum atomic E-state index is -0.359. The molecule has 1 unspecified atom stereocenters. The van der Waals surface area contributed by atoms with Crippen molar-refractivity contribution in [3.63, 3.8) is 0 Å². The number of aryl methyl sites for hydroxylation is 1. The van der Waals surface area contributed by atoms with Crippen molar-refractivity contribution >= 4 is 28.3 Å². The molecule has 8 heteroatoms. The van der Waals surface area contributed by atoms with Gasteiger partial charge < -0.3 is 10.2 Å². The van der Waals surface area contributed by atoms with E-state index < -0.39 is 0 Å². The Morgan fingerprint density at radius 2 is 2.04 bits per heavy atom. The quantitative estimate of drug-likeness (QED) is 0.737. The fourth-order valence-electron chi connectivity index (χ4n) is 3.40. The summed E-state index contributed by atoms with van der Waals surface area (Å²) in [4.78, 5) is 28.2. The maximum atomic E-state index is 12.5. The maximum absolute atomic E-state index is 12.5. The predicted octanol–water partition coefficient (Wildman–Crippen LogP) is 1.30. The number of fused-ring (bicyclic) bond motifs is 1. The molecule has 1 aliphatic heterocycles. The molecular weight excluding hydrogens is 344 g/mol. The smallest absolute Gasteiger partial charge is 0.227 e. The fraction of sp³-hybridized carbons (Fsp3) is 0.316.